The number of benzene rings is 1. The van der Waals surface area contributed by atoms with Crippen LogP contribution in [0.15, 0.2) is 18.2 Å². The number of para-hydroxylation sites is 1. The molecule has 112 valence electrons. The van der Waals surface area contributed by atoms with E-state index in [1.54, 1.807) is 0 Å². The normalized spacial score (nSPS) is 18.2. The van der Waals surface area contributed by atoms with Gasteiger partial charge in [-0.3, -0.25) is 0 Å². The van der Waals surface area contributed by atoms with E-state index in [1.807, 2.05) is 11.8 Å². The molecule has 1 unspecified atom stereocenters. The standard InChI is InChI=1S/C17H27NOS/c1-14-8-6-9-15-16(10-7-12-19-17(14)15)18-11-4-3-5-13-20-2/h6,8-9,16,18H,3-5,7,10-13H2,1-2H3. The number of nitrogens with one attached hydrogen (secondary N) is 1. The van der Waals surface area contributed by atoms with Crippen LogP contribution in [-0.2, 0) is 0 Å². The molecular weight excluding hydrogens is 266 g/mol. The molecule has 1 aromatic rings. The summed E-state index contributed by atoms with van der Waals surface area (Å²) in [5.74, 6) is 2.41. The summed E-state index contributed by atoms with van der Waals surface area (Å²) in [7, 11) is 0. The number of unbranched alkanes of at least 4 members (excludes halogenated alkanes) is 2. The molecule has 0 bridgehead atoms. The molecule has 1 aromatic carbocycles. The first kappa shape index (κ1) is 15.7. The summed E-state index contributed by atoms with van der Waals surface area (Å²) in [5.41, 5.74) is 2.61. The Morgan fingerprint density at radius 3 is 3.05 bits per heavy atom. The molecule has 0 aliphatic carbocycles. The highest BCUT2D eigenvalue weighted by molar-refractivity contribution is 7.98. The summed E-state index contributed by atoms with van der Waals surface area (Å²) in [4.78, 5) is 0. The van der Waals surface area contributed by atoms with Gasteiger partial charge in [-0.2, -0.15) is 11.8 Å². The maximum atomic E-state index is 5.93. The maximum Gasteiger partial charge on any atom is 0.126 e. The lowest BCUT2D eigenvalue weighted by Gasteiger charge is -2.19. The van der Waals surface area contributed by atoms with Gasteiger partial charge in [0.1, 0.15) is 5.75 Å². The SMILES string of the molecule is CSCCCCCNC1CCCOc2c(C)cccc21. The van der Waals surface area contributed by atoms with Crippen LogP contribution < -0.4 is 10.1 Å². The van der Waals surface area contributed by atoms with Crippen LogP contribution in [0, 0.1) is 6.92 Å². The lowest BCUT2D eigenvalue weighted by atomic mass is 9.99. The fourth-order valence-corrected chi connectivity index (χ4v) is 3.29. The Labute approximate surface area is 127 Å². The smallest absolute Gasteiger partial charge is 0.126 e. The second kappa shape index (κ2) is 8.58. The Balaban J connectivity index is 1.87. The Bertz CT molecular complexity index is 408. The van der Waals surface area contributed by atoms with Crippen LogP contribution >= 0.6 is 11.8 Å². The van der Waals surface area contributed by atoms with E-state index in [0.29, 0.717) is 6.04 Å². The van der Waals surface area contributed by atoms with Crippen molar-refractivity contribution in [3.8, 4) is 5.75 Å². The highest BCUT2D eigenvalue weighted by Gasteiger charge is 2.20. The summed E-state index contributed by atoms with van der Waals surface area (Å²) < 4.78 is 5.93. The number of fused-ring (bicyclic) bond motifs is 1. The average molecular weight is 293 g/mol. The molecule has 0 aromatic heterocycles. The van der Waals surface area contributed by atoms with E-state index in [9.17, 15) is 0 Å². The van der Waals surface area contributed by atoms with Crippen molar-refractivity contribution in [3.05, 3.63) is 29.3 Å². The molecular formula is C17H27NOS. The highest BCUT2D eigenvalue weighted by atomic mass is 32.2. The Kier molecular flexibility index (Phi) is 6.74. The van der Waals surface area contributed by atoms with E-state index in [0.717, 1.165) is 25.3 Å². The van der Waals surface area contributed by atoms with Crippen LogP contribution in [0.1, 0.15) is 49.3 Å². The summed E-state index contributed by atoms with van der Waals surface area (Å²) >= 11 is 1.95. The molecule has 0 radical (unpaired) electrons. The van der Waals surface area contributed by atoms with Gasteiger partial charge in [-0.1, -0.05) is 24.6 Å². The van der Waals surface area contributed by atoms with Crippen molar-refractivity contribution in [2.75, 3.05) is 25.2 Å². The second-order valence-electron chi connectivity index (χ2n) is 5.54. The fraction of sp³-hybridized carbons (Fsp3) is 0.647. The number of hydrogen-bond donors (Lipinski definition) is 1. The third-order valence-electron chi connectivity index (χ3n) is 3.92. The zero-order valence-electron chi connectivity index (χ0n) is 12.8. The molecule has 20 heavy (non-hydrogen) atoms. The van der Waals surface area contributed by atoms with E-state index in [2.05, 4.69) is 36.7 Å². The zero-order valence-corrected chi connectivity index (χ0v) is 13.6. The second-order valence-corrected chi connectivity index (χ2v) is 6.53. The Morgan fingerprint density at radius 1 is 1.30 bits per heavy atom. The summed E-state index contributed by atoms with van der Waals surface area (Å²) in [6, 6.07) is 6.98. The van der Waals surface area contributed by atoms with Crippen LogP contribution in [0.5, 0.6) is 5.75 Å². The molecule has 1 aliphatic rings. The van der Waals surface area contributed by atoms with Crippen molar-refractivity contribution in [1.82, 2.24) is 5.32 Å². The molecule has 0 saturated carbocycles. The van der Waals surface area contributed by atoms with Crippen LogP contribution in [-0.4, -0.2) is 25.2 Å². The van der Waals surface area contributed by atoms with Gasteiger partial charge in [-0.15, -0.1) is 0 Å². The molecule has 0 saturated heterocycles. The van der Waals surface area contributed by atoms with Crippen molar-refractivity contribution in [1.29, 1.82) is 0 Å². The van der Waals surface area contributed by atoms with Gasteiger partial charge in [0.25, 0.3) is 0 Å². The third kappa shape index (κ3) is 4.42. The topological polar surface area (TPSA) is 21.3 Å². The van der Waals surface area contributed by atoms with Gasteiger partial charge in [0, 0.05) is 11.6 Å². The Hall–Kier alpha value is -0.670. The van der Waals surface area contributed by atoms with Crippen LogP contribution in [0.2, 0.25) is 0 Å². The minimum Gasteiger partial charge on any atom is -0.493 e. The molecule has 0 fully saturated rings. The molecule has 3 heteroatoms. The molecule has 2 nitrogen and oxygen atoms in total. The van der Waals surface area contributed by atoms with Crippen molar-refractivity contribution >= 4 is 11.8 Å². The molecule has 0 spiro atoms. The number of aryl methyl sites for hydroxylation is 1. The third-order valence-corrected chi connectivity index (χ3v) is 4.61. The maximum absolute atomic E-state index is 5.93. The van der Waals surface area contributed by atoms with E-state index in [4.69, 9.17) is 4.74 Å². The number of hydrogen-bond acceptors (Lipinski definition) is 3. The van der Waals surface area contributed by atoms with Crippen LogP contribution in [0.25, 0.3) is 0 Å². The number of rotatable bonds is 7. The summed E-state index contributed by atoms with van der Waals surface area (Å²) in [6.45, 7) is 4.11. The monoisotopic (exact) mass is 293 g/mol. The van der Waals surface area contributed by atoms with E-state index in [-0.39, 0.29) is 0 Å². The predicted octanol–water partition coefficient (Wildman–Crippen LogP) is 4.33. The van der Waals surface area contributed by atoms with Gasteiger partial charge < -0.3 is 10.1 Å². The quantitative estimate of drug-likeness (QED) is 0.756. The molecule has 0 amide bonds. The highest BCUT2D eigenvalue weighted by Crippen LogP contribution is 2.33. The predicted molar refractivity (Wildman–Crippen MR) is 88.9 cm³/mol. The molecule has 1 aliphatic heterocycles. The lowest BCUT2D eigenvalue weighted by molar-refractivity contribution is 0.313. The molecule has 1 heterocycles. The largest absolute Gasteiger partial charge is 0.493 e. The zero-order chi connectivity index (χ0) is 14.2. The van der Waals surface area contributed by atoms with Gasteiger partial charge in [0.15, 0.2) is 0 Å². The minimum atomic E-state index is 0.466. The van der Waals surface area contributed by atoms with Gasteiger partial charge in [0.05, 0.1) is 6.61 Å². The summed E-state index contributed by atoms with van der Waals surface area (Å²) in [5, 5.41) is 3.74. The fourth-order valence-electron chi connectivity index (χ4n) is 2.80. The first-order chi connectivity index (χ1) is 9.83. The van der Waals surface area contributed by atoms with Crippen molar-refractivity contribution in [3.63, 3.8) is 0 Å². The van der Waals surface area contributed by atoms with Crippen molar-refractivity contribution < 1.29 is 4.74 Å². The lowest BCUT2D eigenvalue weighted by Crippen LogP contribution is -2.22. The average Bonchev–Trinajstić information content (AvgIpc) is 2.66. The summed E-state index contributed by atoms with van der Waals surface area (Å²) in [6.07, 6.45) is 8.45. The number of thioether (sulfide) groups is 1. The van der Waals surface area contributed by atoms with Gasteiger partial charge in [0.2, 0.25) is 0 Å². The molecule has 2 rings (SSSR count). The van der Waals surface area contributed by atoms with Gasteiger partial charge in [-0.05, 0) is 56.7 Å². The van der Waals surface area contributed by atoms with E-state index < -0.39 is 0 Å². The van der Waals surface area contributed by atoms with Gasteiger partial charge >= 0.3 is 0 Å². The first-order valence-electron chi connectivity index (χ1n) is 7.77. The van der Waals surface area contributed by atoms with E-state index >= 15 is 0 Å². The Morgan fingerprint density at radius 2 is 2.20 bits per heavy atom. The minimum absolute atomic E-state index is 0.466. The van der Waals surface area contributed by atoms with Gasteiger partial charge in [-0.25, -0.2) is 0 Å². The van der Waals surface area contributed by atoms with E-state index in [1.165, 1.54) is 42.6 Å². The first-order valence-corrected chi connectivity index (χ1v) is 9.17. The van der Waals surface area contributed by atoms with Crippen molar-refractivity contribution in [2.24, 2.45) is 0 Å². The number of ether oxygens (including phenoxy) is 1. The van der Waals surface area contributed by atoms with Crippen LogP contribution in [0.4, 0.5) is 0 Å². The molecule has 1 atom stereocenters. The van der Waals surface area contributed by atoms with Crippen molar-refractivity contribution in [2.45, 2.75) is 45.1 Å². The van der Waals surface area contributed by atoms with Crippen LogP contribution in [0.3, 0.4) is 0 Å². The molecule has 1 N–H and O–H groups in total.